The molecular weight excluding hydrogens is 438 g/mol. The summed E-state index contributed by atoms with van der Waals surface area (Å²) in [6.45, 7) is 2.68. The van der Waals surface area contributed by atoms with Gasteiger partial charge in [-0.25, -0.2) is 4.98 Å². The fraction of sp³-hybridized carbons (Fsp3) is 0.154. The maximum Gasteiger partial charge on any atom is 0.230 e. The molecule has 1 N–H and O–H groups in total. The Labute approximate surface area is 197 Å². The van der Waals surface area contributed by atoms with Crippen molar-refractivity contribution >= 4 is 29.3 Å². The van der Waals surface area contributed by atoms with Gasteiger partial charge in [-0.05, 0) is 43.2 Å². The maximum atomic E-state index is 12.4. The second-order valence-corrected chi connectivity index (χ2v) is 8.87. The third kappa shape index (κ3) is 5.81. The first-order valence-electron chi connectivity index (χ1n) is 10.4. The Bertz CT molecular complexity index is 1170. The topological polar surface area (TPSA) is 46.9 Å². The molecule has 162 valence electrons. The second-order valence-electron chi connectivity index (χ2n) is 7.50. The third-order valence-electron chi connectivity index (χ3n) is 5.04. The van der Waals surface area contributed by atoms with Gasteiger partial charge >= 0.3 is 0 Å². The van der Waals surface area contributed by atoms with E-state index in [-0.39, 0.29) is 5.91 Å². The predicted octanol–water partition coefficient (Wildman–Crippen LogP) is 5.95. The summed E-state index contributed by atoms with van der Waals surface area (Å²) in [6, 6.07) is 26.0. The Balaban J connectivity index is 1.46. The molecule has 32 heavy (non-hydrogen) atoms. The second kappa shape index (κ2) is 10.5. The first-order valence-corrected chi connectivity index (χ1v) is 11.8. The van der Waals surface area contributed by atoms with Crippen LogP contribution in [0, 0.1) is 6.92 Å². The smallest absolute Gasteiger partial charge is 0.230 e. The quantitative estimate of drug-likeness (QED) is 0.330. The molecule has 0 saturated heterocycles. The average molecular weight is 462 g/mol. The van der Waals surface area contributed by atoms with Crippen LogP contribution < -0.4 is 5.32 Å². The fourth-order valence-electron chi connectivity index (χ4n) is 3.29. The molecule has 1 aromatic heterocycles. The van der Waals surface area contributed by atoms with E-state index in [4.69, 9.17) is 16.6 Å². The van der Waals surface area contributed by atoms with E-state index in [2.05, 4.69) is 48.6 Å². The van der Waals surface area contributed by atoms with E-state index in [0.717, 1.165) is 28.5 Å². The zero-order valence-corrected chi connectivity index (χ0v) is 19.4. The number of carbonyl (C=O) groups is 1. The molecule has 0 aliphatic heterocycles. The number of hydrogen-bond donors (Lipinski definition) is 1. The van der Waals surface area contributed by atoms with Crippen LogP contribution in [0.5, 0.6) is 0 Å². The van der Waals surface area contributed by atoms with Gasteiger partial charge in [-0.15, -0.1) is 0 Å². The molecule has 0 saturated carbocycles. The van der Waals surface area contributed by atoms with Crippen molar-refractivity contribution in [3.8, 4) is 16.9 Å². The summed E-state index contributed by atoms with van der Waals surface area (Å²) in [5.41, 5.74) is 5.24. The molecule has 4 aromatic rings. The summed E-state index contributed by atoms with van der Waals surface area (Å²) >= 11 is 7.47. The SMILES string of the molecule is Cc1ccc(-n2cc(-c3ccc(Cl)cc3)nc2SCC(=O)NCCc2ccccc2)cc1. The van der Waals surface area contributed by atoms with Gasteiger partial charge in [0, 0.05) is 29.0 Å². The summed E-state index contributed by atoms with van der Waals surface area (Å²) in [7, 11) is 0. The van der Waals surface area contributed by atoms with Crippen molar-refractivity contribution in [2.24, 2.45) is 0 Å². The van der Waals surface area contributed by atoms with Crippen molar-refractivity contribution in [2.75, 3.05) is 12.3 Å². The number of nitrogens with one attached hydrogen (secondary N) is 1. The van der Waals surface area contributed by atoms with Crippen LogP contribution in [0.25, 0.3) is 16.9 Å². The lowest BCUT2D eigenvalue weighted by Gasteiger charge is -2.08. The van der Waals surface area contributed by atoms with Crippen LogP contribution in [0.1, 0.15) is 11.1 Å². The molecule has 0 fully saturated rings. The number of amides is 1. The van der Waals surface area contributed by atoms with Gasteiger partial charge in [0.2, 0.25) is 5.91 Å². The van der Waals surface area contributed by atoms with Gasteiger partial charge in [0.1, 0.15) is 0 Å². The summed E-state index contributed by atoms with van der Waals surface area (Å²) in [6.07, 6.45) is 2.82. The van der Waals surface area contributed by atoms with E-state index in [1.807, 2.05) is 53.2 Å². The highest BCUT2D eigenvalue weighted by atomic mass is 35.5. The number of thioether (sulfide) groups is 1. The predicted molar refractivity (Wildman–Crippen MR) is 133 cm³/mol. The molecule has 0 aliphatic rings. The molecule has 4 nitrogen and oxygen atoms in total. The van der Waals surface area contributed by atoms with Crippen molar-refractivity contribution in [1.29, 1.82) is 0 Å². The molecule has 0 unspecified atom stereocenters. The zero-order valence-electron chi connectivity index (χ0n) is 17.8. The Morgan fingerprint density at radius 1 is 1.00 bits per heavy atom. The van der Waals surface area contributed by atoms with Crippen LogP contribution in [-0.2, 0) is 11.2 Å². The van der Waals surface area contributed by atoms with Crippen LogP contribution in [0.4, 0.5) is 0 Å². The van der Waals surface area contributed by atoms with Crippen LogP contribution in [0.3, 0.4) is 0 Å². The summed E-state index contributed by atoms with van der Waals surface area (Å²) in [5.74, 6) is 0.301. The monoisotopic (exact) mass is 461 g/mol. The lowest BCUT2D eigenvalue weighted by atomic mass is 10.1. The normalized spacial score (nSPS) is 10.8. The van der Waals surface area contributed by atoms with E-state index in [0.29, 0.717) is 17.3 Å². The number of carbonyl (C=O) groups excluding carboxylic acids is 1. The first-order chi connectivity index (χ1) is 15.6. The van der Waals surface area contributed by atoms with Crippen LogP contribution in [0.2, 0.25) is 5.02 Å². The number of rotatable bonds is 8. The van der Waals surface area contributed by atoms with Crippen LogP contribution >= 0.6 is 23.4 Å². The molecule has 0 spiro atoms. The average Bonchev–Trinajstić information content (AvgIpc) is 3.23. The van der Waals surface area contributed by atoms with Crippen molar-refractivity contribution in [3.63, 3.8) is 0 Å². The summed E-state index contributed by atoms with van der Waals surface area (Å²) in [5, 5.41) is 4.46. The Hall–Kier alpha value is -3.02. The van der Waals surface area contributed by atoms with E-state index in [9.17, 15) is 4.79 Å². The van der Waals surface area contributed by atoms with E-state index in [1.54, 1.807) is 0 Å². The molecule has 0 atom stereocenters. The summed E-state index contributed by atoms with van der Waals surface area (Å²) in [4.78, 5) is 17.2. The Morgan fingerprint density at radius 2 is 1.72 bits per heavy atom. The third-order valence-corrected chi connectivity index (χ3v) is 6.24. The van der Waals surface area contributed by atoms with Gasteiger partial charge < -0.3 is 5.32 Å². The number of hydrogen-bond acceptors (Lipinski definition) is 3. The van der Waals surface area contributed by atoms with Gasteiger partial charge in [0.25, 0.3) is 0 Å². The largest absolute Gasteiger partial charge is 0.355 e. The molecule has 0 bridgehead atoms. The van der Waals surface area contributed by atoms with E-state index < -0.39 is 0 Å². The van der Waals surface area contributed by atoms with Gasteiger partial charge in [-0.2, -0.15) is 0 Å². The fourth-order valence-corrected chi connectivity index (χ4v) is 4.24. The number of nitrogens with zero attached hydrogens (tertiary/aromatic N) is 2. The molecule has 1 heterocycles. The van der Waals surface area contributed by atoms with Crippen LogP contribution in [0.15, 0.2) is 90.2 Å². The number of benzene rings is 3. The van der Waals surface area contributed by atoms with Gasteiger partial charge in [-0.3, -0.25) is 9.36 Å². The van der Waals surface area contributed by atoms with Gasteiger partial charge in [0.05, 0.1) is 11.4 Å². The lowest BCUT2D eigenvalue weighted by molar-refractivity contribution is -0.118. The Morgan fingerprint density at radius 3 is 2.44 bits per heavy atom. The maximum absolute atomic E-state index is 12.4. The van der Waals surface area contributed by atoms with Crippen molar-refractivity contribution < 1.29 is 4.79 Å². The number of aromatic nitrogens is 2. The molecule has 4 rings (SSSR count). The molecule has 6 heteroatoms. The number of imidazole rings is 1. The minimum Gasteiger partial charge on any atom is -0.355 e. The molecule has 0 aliphatic carbocycles. The molecular formula is C26H24ClN3OS. The minimum atomic E-state index is -0.00238. The molecule has 3 aromatic carbocycles. The van der Waals surface area contributed by atoms with E-state index in [1.165, 1.54) is 22.9 Å². The first kappa shape index (κ1) is 22.2. The van der Waals surface area contributed by atoms with Crippen molar-refractivity contribution in [1.82, 2.24) is 14.9 Å². The highest BCUT2D eigenvalue weighted by molar-refractivity contribution is 7.99. The Kier molecular flexibility index (Phi) is 7.30. The van der Waals surface area contributed by atoms with Gasteiger partial charge in [0.15, 0.2) is 5.16 Å². The minimum absolute atomic E-state index is 0.00238. The number of halogens is 1. The van der Waals surface area contributed by atoms with Crippen molar-refractivity contribution in [3.05, 3.63) is 101 Å². The molecule has 1 amide bonds. The van der Waals surface area contributed by atoms with E-state index >= 15 is 0 Å². The molecule has 0 radical (unpaired) electrons. The highest BCUT2D eigenvalue weighted by Gasteiger charge is 2.14. The summed E-state index contributed by atoms with van der Waals surface area (Å²) < 4.78 is 2.03. The standard InChI is InChI=1S/C26H24ClN3OS/c1-19-7-13-23(14-8-19)30-17-24(21-9-11-22(27)12-10-21)29-26(30)32-18-25(31)28-16-15-20-5-3-2-4-6-20/h2-14,17H,15-16,18H2,1H3,(H,28,31). The highest BCUT2D eigenvalue weighted by Crippen LogP contribution is 2.28. The van der Waals surface area contributed by atoms with Crippen molar-refractivity contribution in [2.45, 2.75) is 18.5 Å². The van der Waals surface area contributed by atoms with Crippen LogP contribution in [-0.4, -0.2) is 27.8 Å². The zero-order chi connectivity index (χ0) is 22.3. The van der Waals surface area contributed by atoms with Gasteiger partial charge in [-0.1, -0.05) is 83.5 Å². The number of aryl methyl sites for hydroxylation is 1. The lowest BCUT2D eigenvalue weighted by Crippen LogP contribution is -2.27.